The lowest BCUT2D eigenvalue weighted by Gasteiger charge is -2.13. The molecule has 0 bridgehead atoms. The summed E-state index contributed by atoms with van der Waals surface area (Å²) in [6.07, 6.45) is -1.85. The van der Waals surface area contributed by atoms with Gasteiger partial charge in [-0.3, -0.25) is 0 Å². The number of nitrogen functional groups attached to an aromatic ring is 1. The largest absolute Gasteiger partial charge is 0.457 e. The molecule has 0 atom stereocenters. The monoisotopic (exact) mass is 263 g/mol. The summed E-state index contributed by atoms with van der Waals surface area (Å²) in [4.78, 5) is 0. The van der Waals surface area contributed by atoms with Crippen molar-refractivity contribution in [2.45, 2.75) is 19.8 Å². The molecule has 0 aliphatic rings. The van der Waals surface area contributed by atoms with Crippen LogP contribution in [0.15, 0.2) is 42.5 Å². The lowest BCUT2D eigenvalue weighted by atomic mass is 10.1. The standard InChI is InChI=1S/C15H15F2NO/c1-2-10-5-3-4-6-13(10)19-14-8-7-11(18)9-12(14)15(16)17/h3-9,15H,2,18H2,1H3. The van der Waals surface area contributed by atoms with Gasteiger partial charge in [0.2, 0.25) is 0 Å². The zero-order valence-electron chi connectivity index (χ0n) is 10.6. The molecule has 19 heavy (non-hydrogen) atoms. The first kappa shape index (κ1) is 13.3. The zero-order valence-corrected chi connectivity index (χ0v) is 10.6. The van der Waals surface area contributed by atoms with Gasteiger partial charge in [0, 0.05) is 5.69 Å². The van der Waals surface area contributed by atoms with Crippen molar-refractivity contribution in [1.29, 1.82) is 0 Å². The van der Waals surface area contributed by atoms with E-state index in [1.54, 1.807) is 12.1 Å². The molecule has 0 saturated carbocycles. The highest BCUT2D eigenvalue weighted by Crippen LogP contribution is 2.35. The molecular weight excluding hydrogens is 248 g/mol. The van der Waals surface area contributed by atoms with Crippen LogP contribution in [0, 0.1) is 0 Å². The van der Waals surface area contributed by atoms with Crippen LogP contribution >= 0.6 is 0 Å². The van der Waals surface area contributed by atoms with Gasteiger partial charge in [-0.25, -0.2) is 8.78 Å². The number of nitrogens with two attached hydrogens (primary N) is 1. The van der Waals surface area contributed by atoms with E-state index < -0.39 is 6.43 Å². The summed E-state index contributed by atoms with van der Waals surface area (Å²) in [6, 6.07) is 11.7. The van der Waals surface area contributed by atoms with E-state index in [1.165, 1.54) is 12.1 Å². The number of alkyl halides is 2. The van der Waals surface area contributed by atoms with Gasteiger partial charge in [0.15, 0.2) is 0 Å². The van der Waals surface area contributed by atoms with Crippen molar-refractivity contribution >= 4 is 5.69 Å². The molecule has 2 nitrogen and oxygen atoms in total. The third kappa shape index (κ3) is 3.02. The minimum atomic E-state index is -2.62. The summed E-state index contributed by atoms with van der Waals surface area (Å²) in [5, 5.41) is 0. The van der Waals surface area contributed by atoms with Crippen LogP contribution in [0.2, 0.25) is 0 Å². The van der Waals surface area contributed by atoms with Gasteiger partial charge in [-0.05, 0) is 36.2 Å². The van der Waals surface area contributed by atoms with E-state index in [0.717, 1.165) is 12.0 Å². The number of hydrogen-bond donors (Lipinski definition) is 1. The number of hydrogen-bond acceptors (Lipinski definition) is 2. The number of anilines is 1. The molecule has 4 heteroatoms. The Morgan fingerprint density at radius 3 is 2.53 bits per heavy atom. The van der Waals surface area contributed by atoms with Crippen LogP contribution in [0.4, 0.5) is 14.5 Å². The quantitative estimate of drug-likeness (QED) is 0.820. The molecule has 0 unspecified atom stereocenters. The lowest BCUT2D eigenvalue weighted by molar-refractivity contribution is 0.148. The molecule has 100 valence electrons. The SMILES string of the molecule is CCc1ccccc1Oc1ccc(N)cc1C(F)F. The normalized spacial score (nSPS) is 10.7. The second-order valence-electron chi connectivity index (χ2n) is 4.16. The average molecular weight is 263 g/mol. The van der Waals surface area contributed by atoms with Crippen molar-refractivity contribution in [3.63, 3.8) is 0 Å². The first-order valence-corrected chi connectivity index (χ1v) is 6.05. The van der Waals surface area contributed by atoms with Crippen LogP contribution in [-0.2, 0) is 6.42 Å². The molecule has 0 saturated heterocycles. The van der Waals surface area contributed by atoms with Gasteiger partial charge in [0.1, 0.15) is 11.5 Å². The topological polar surface area (TPSA) is 35.2 Å². The second kappa shape index (κ2) is 5.69. The van der Waals surface area contributed by atoms with Crippen molar-refractivity contribution < 1.29 is 13.5 Å². The maximum Gasteiger partial charge on any atom is 0.267 e. The molecule has 2 aromatic carbocycles. The lowest BCUT2D eigenvalue weighted by Crippen LogP contribution is -1.96. The van der Waals surface area contributed by atoms with Crippen LogP contribution in [0.3, 0.4) is 0 Å². The number of rotatable bonds is 4. The maximum atomic E-state index is 13.0. The van der Waals surface area contributed by atoms with Gasteiger partial charge >= 0.3 is 0 Å². The maximum absolute atomic E-state index is 13.0. The fourth-order valence-electron chi connectivity index (χ4n) is 1.84. The minimum Gasteiger partial charge on any atom is -0.457 e. The number of para-hydroxylation sites is 1. The molecule has 0 heterocycles. The summed E-state index contributed by atoms with van der Waals surface area (Å²) < 4.78 is 31.5. The molecule has 2 N–H and O–H groups in total. The molecule has 0 radical (unpaired) electrons. The summed E-state index contributed by atoms with van der Waals surface area (Å²) in [5.41, 5.74) is 6.61. The van der Waals surface area contributed by atoms with Crippen molar-refractivity contribution in [2.24, 2.45) is 0 Å². The molecule has 2 aromatic rings. The van der Waals surface area contributed by atoms with E-state index >= 15 is 0 Å². The molecule has 0 aliphatic heterocycles. The number of ether oxygens (including phenoxy) is 1. The third-order valence-electron chi connectivity index (χ3n) is 2.84. The van der Waals surface area contributed by atoms with Crippen LogP contribution in [-0.4, -0.2) is 0 Å². The number of aryl methyl sites for hydroxylation is 1. The summed E-state index contributed by atoms with van der Waals surface area (Å²) in [7, 11) is 0. The Hall–Kier alpha value is -2.10. The van der Waals surface area contributed by atoms with Crippen molar-refractivity contribution in [2.75, 3.05) is 5.73 Å². The fourth-order valence-corrected chi connectivity index (χ4v) is 1.84. The molecule has 0 aliphatic carbocycles. The van der Waals surface area contributed by atoms with E-state index in [1.807, 2.05) is 25.1 Å². The van der Waals surface area contributed by atoms with Gasteiger partial charge in [-0.1, -0.05) is 25.1 Å². The molecular formula is C15H15F2NO. The van der Waals surface area contributed by atoms with E-state index in [0.29, 0.717) is 11.4 Å². The van der Waals surface area contributed by atoms with E-state index in [4.69, 9.17) is 10.5 Å². The van der Waals surface area contributed by atoms with Crippen molar-refractivity contribution in [3.05, 3.63) is 53.6 Å². The van der Waals surface area contributed by atoms with E-state index in [2.05, 4.69) is 0 Å². The zero-order chi connectivity index (χ0) is 13.8. The predicted molar refractivity (Wildman–Crippen MR) is 71.7 cm³/mol. The Bertz CT molecular complexity index is 570. The highest BCUT2D eigenvalue weighted by molar-refractivity contribution is 5.50. The van der Waals surface area contributed by atoms with Crippen LogP contribution in [0.25, 0.3) is 0 Å². The fraction of sp³-hybridized carbons (Fsp3) is 0.200. The first-order chi connectivity index (χ1) is 9.11. The van der Waals surface area contributed by atoms with Gasteiger partial charge in [-0.2, -0.15) is 0 Å². The highest BCUT2D eigenvalue weighted by Gasteiger charge is 2.15. The first-order valence-electron chi connectivity index (χ1n) is 6.05. The highest BCUT2D eigenvalue weighted by atomic mass is 19.3. The smallest absolute Gasteiger partial charge is 0.267 e. The van der Waals surface area contributed by atoms with E-state index in [-0.39, 0.29) is 11.3 Å². The predicted octanol–water partition coefficient (Wildman–Crippen LogP) is 4.56. The summed E-state index contributed by atoms with van der Waals surface area (Å²) >= 11 is 0. The molecule has 0 fully saturated rings. The van der Waals surface area contributed by atoms with Crippen LogP contribution in [0.1, 0.15) is 24.5 Å². The molecule has 2 rings (SSSR count). The summed E-state index contributed by atoms with van der Waals surface area (Å²) in [6.45, 7) is 1.99. The Labute approximate surface area is 110 Å². The Kier molecular flexibility index (Phi) is 4.00. The molecule has 0 spiro atoms. The van der Waals surface area contributed by atoms with Gasteiger partial charge in [0.05, 0.1) is 5.56 Å². The van der Waals surface area contributed by atoms with Gasteiger partial charge in [-0.15, -0.1) is 0 Å². The number of benzene rings is 2. The second-order valence-corrected chi connectivity index (χ2v) is 4.16. The third-order valence-corrected chi connectivity index (χ3v) is 2.84. The summed E-state index contributed by atoms with van der Waals surface area (Å²) in [5.74, 6) is 0.738. The van der Waals surface area contributed by atoms with Crippen molar-refractivity contribution in [1.82, 2.24) is 0 Å². The van der Waals surface area contributed by atoms with Crippen LogP contribution < -0.4 is 10.5 Å². The van der Waals surface area contributed by atoms with Crippen LogP contribution in [0.5, 0.6) is 11.5 Å². The van der Waals surface area contributed by atoms with E-state index in [9.17, 15) is 8.78 Å². The number of halogens is 2. The Morgan fingerprint density at radius 2 is 1.84 bits per heavy atom. The molecule has 0 amide bonds. The van der Waals surface area contributed by atoms with Gasteiger partial charge in [0.25, 0.3) is 6.43 Å². The minimum absolute atomic E-state index is 0.144. The average Bonchev–Trinajstić information content (AvgIpc) is 2.41. The van der Waals surface area contributed by atoms with Crippen molar-refractivity contribution in [3.8, 4) is 11.5 Å². The van der Waals surface area contributed by atoms with Gasteiger partial charge < -0.3 is 10.5 Å². The Balaban J connectivity index is 2.38. The molecule has 0 aromatic heterocycles. The Morgan fingerprint density at radius 1 is 1.11 bits per heavy atom.